The summed E-state index contributed by atoms with van der Waals surface area (Å²) in [6.07, 6.45) is 0. The molecule has 1 aromatic rings. The Morgan fingerprint density at radius 2 is 1.45 bits per heavy atom. The second-order valence-corrected chi connectivity index (χ2v) is 7.69. The Kier molecular flexibility index (Phi) is 7.53. The summed E-state index contributed by atoms with van der Waals surface area (Å²) >= 11 is 0. The van der Waals surface area contributed by atoms with Crippen molar-refractivity contribution in [3.05, 3.63) is 29.8 Å². The van der Waals surface area contributed by atoms with Crippen LogP contribution < -0.4 is 0 Å². The van der Waals surface area contributed by atoms with Gasteiger partial charge in [-0.3, -0.25) is 0 Å². The van der Waals surface area contributed by atoms with E-state index in [1.54, 1.807) is 16.4 Å². The fourth-order valence-corrected chi connectivity index (χ4v) is 3.85. The number of rotatable bonds is 9. The minimum absolute atomic E-state index is 0.387. The van der Waals surface area contributed by atoms with Crippen molar-refractivity contribution in [1.29, 1.82) is 0 Å². The maximum atomic E-state index is 12.7. The summed E-state index contributed by atoms with van der Waals surface area (Å²) in [7, 11) is -3.40. The SMILES string of the molecule is CCN(CC)CCN(CC)S(=O)(=O)c1ccc(C(C)C)cc1. The lowest BCUT2D eigenvalue weighted by molar-refractivity contribution is 0.274. The van der Waals surface area contributed by atoms with E-state index in [4.69, 9.17) is 0 Å². The number of nitrogens with zero attached hydrogens (tertiary/aromatic N) is 2. The van der Waals surface area contributed by atoms with Crippen LogP contribution in [-0.4, -0.2) is 50.3 Å². The molecular formula is C17H30N2O2S. The Hall–Kier alpha value is -0.910. The van der Waals surface area contributed by atoms with E-state index in [1.807, 2.05) is 19.1 Å². The number of sulfonamides is 1. The fourth-order valence-electron chi connectivity index (χ4n) is 2.41. The molecule has 0 aliphatic carbocycles. The zero-order valence-corrected chi connectivity index (χ0v) is 15.4. The van der Waals surface area contributed by atoms with Gasteiger partial charge in [-0.25, -0.2) is 8.42 Å². The van der Waals surface area contributed by atoms with Crippen LogP contribution in [0.3, 0.4) is 0 Å². The van der Waals surface area contributed by atoms with Gasteiger partial charge in [0.25, 0.3) is 0 Å². The highest BCUT2D eigenvalue weighted by atomic mass is 32.2. The van der Waals surface area contributed by atoms with Crippen molar-refractivity contribution >= 4 is 10.0 Å². The molecule has 22 heavy (non-hydrogen) atoms. The average molecular weight is 327 g/mol. The summed E-state index contributed by atoms with van der Waals surface area (Å²) in [5.74, 6) is 0.404. The van der Waals surface area contributed by atoms with Gasteiger partial charge in [-0.05, 0) is 36.7 Å². The van der Waals surface area contributed by atoms with Gasteiger partial charge in [0.2, 0.25) is 10.0 Å². The van der Waals surface area contributed by atoms with Crippen LogP contribution >= 0.6 is 0 Å². The van der Waals surface area contributed by atoms with Gasteiger partial charge in [-0.2, -0.15) is 4.31 Å². The molecule has 4 nitrogen and oxygen atoms in total. The average Bonchev–Trinajstić information content (AvgIpc) is 2.51. The fraction of sp³-hybridized carbons (Fsp3) is 0.647. The van der Waals surface area contributed by atoms with Crippen molar-refractivity contribution in [3.8, 4) is 0 Å². The molecule has 1 rings (SSSR count). The summed E-state index contributed by atoms with van der Waals surface area (Å²) in [4.78, 5) is 2.62. The van der Waals surface area contributed by atoms with Gasteiger partial charge in [0.15, 0.2) is 0 Å². The largest absolute Gasteiger partial charge is 0.303 e. The zero-order valence-electron chi connectivity index (χ0n) is 14.5. The molecule has 0 unspecified atom stereocenters. The molecule has 5 heteroatoms. The summed E-state index contributed by atoms with van der Waals surface area (Å²) in [5.41, 5.74) is 1.16. The molecule has 0 fully saturated rings. The van der Waals surface area contributed by atoms with Gasteiger partial charge in [-0.15, -0.1) is 0 Å². The van der Waals surface area contributed by atoms with E-state index in [9.17, 15) is 8.42 Å². The lowest BCUT2D eigenvalue weighted by atomic mass is 10.0. The predicted octanol–water partition coefficient (Wildman–Crippen LogP) is 3.16. The highest BCUT2D eigenvalue weighted by molar-refractivity contribution is 7.89. The van der Waals surface area contributed by atoms with Crippen LogP contribution in [0.1, 0.15) is 46.1 Å². The number of hydrogen-bond acceptors (Lipinski definition) is 3. The Bertz CT molecular complexity index is 534. The third-order valence-corrected chi connectivity index (χ3v) is 6.09. The Morgan fingerprint density at radius 1 is 0.909 bits per heavy atom. The Morgan fingerprint density at radius 3 is 1.86 bits per heavy atom. The Balaban J connectivity index is 2.89. The first kappa shape index (κ1) is 19.1. The monoisotopic (exact) mass is 326 g/mol. The molecule has 0 heterocycles. The minimum Gasteiger partial charge on any atom is -0.303 e. The van der Waals surface area contributed by atoms with E-state index in [1.165, 1.54) is 0 Å². The zero-order chi connectivity index (χ0) is 16.8. The maximum absolute atomic E-state index is 12.7. The number of likely N-dealkylation sites (N-methyl/N-ethyl adjacent to an activating group) is 2. The highest BCUT2D eigenvalue weighted by Crippen LogP contribution is 2.20. The summed E-state index contributed by atoms with van der Waals surface area (Å²) in [5, 5.41) is 0. The third kappa shape index (κ3) is 4.80. The van der Waals surface area contributed by atoms with Crippen LogP contribution in [0.15, 0.2) is 29.2 Å². The second-order valence-electron chi connectivity index (χ2n) is 5.75. The molecule has 0 radical (unpaired) electrons. The van der Waals surface area contributed by atoms with Crippen LogP contribution in [0.25, 0.3) is 0 Å². The molecule has 0 spiro atoms. The maximum Gasteiger partial charge on any atom is 0.243 e. The van der Waals surface area contributed by atoms with Gasteiger partial charge < -0.3 is 4.90 Å². The van der Waals surface area contributed by atoms with Crippen molar-refractivity contribution in [1.82, 2.24) is 9.21 Å². The van der Waals surface area contributed by atoms with Crippen molar-refractivity contribution in [2.24, 2.45) is 0 Å². The number of benzene rings is 1. The van der Waals surface area contributed by atoms with Gasteiger partial charge in [0, 0.05) is 19.6 Å². The van der Waals surface area contributed by atoms with Crippen LogP contribution in [0.2, 0.25) is 0 Å². The van der Waals surface area contributed by atoms with Gasteiger partial charge in [0.1, 0.15) is 0 Å². The molecule has 0 saturated carbocycles. The lowest BCUT2D eigenvalue weighted by Gasteiger charge is -2.25. The van der Waals surface area contributed by atoms with Crippen molar-refractivity contribution < 1.29 is 8.42 Å². The van der Waals surface area contributed by atoms with E-state index < -0.39 is 10.0 Å². The van der Waals surface area contributed by atoms with Gasteiger partial charge >= 0.3 is 0 Å². The molecule has 0 bridgehead atoms. The van der Waals surface area contributed by atoms with E-state index in [0.29, 0.717) is 23.9 Å². The van der Waals surface area contributed by atoms with Crippen molar-refractivity contribution in [2.45, 2.75) is 45.4 Å². The summed E-state index contributed by atoms with van der Waals surface area (Å²) < 4.78 is 27.0. The molecule has 0 atom stereocenters. The van der Waals surface area contributed by atoms with E-state index >= 15 is 0 Å². The standard InChI is InChI=1S/C17H30N2O2S/c1-6-18(7-2)13-14-19(8-3)22(20,21)17-11-9-16(10-12-17)15(4)5/h9-12,15H,6-8,13-14H2,1-5H3. The first-order chi connectivity index (χ1) is 10.4. The smallest absolute Gasteiger partial charge is 0.243 e. The molecule has 0 aliphatic rings. The first-order valence-electron chi connectivity index (χ1n) is 8.19. The molecule has 0 aromatic heterocycles. The molecule has 1 aromatic carbocycles. The van der Waals surface area contributed by atoms with Crippen LogP contribution in [0.5, 0.6) is 0 Å². The molecule has 0 amide bonds. The van der Waals surface area contributed by atoms with E-state index in [0.717, 1.165) is 25.2 Å². The van der Waals surface area contributed by atoms with Crippen LogP contribution in [0, 0.1) is 0 Å². The highest BCUT2D eigenvalue weighted by Gasteiger charge is 2.23. The second kappa shape index (κ2) is 8.65. The summed E-state index contributed by atoms with van der Waals surface area (Å²) in [6, 6.07) is 7.28. The lowest BCUT2D eigenvalue weighted by Crippen LogP contribution is -2.38. The third-order valence-electron chi connectivity index (χ3n) is 4.10. The molecular weight excluding hydrogens is 296 g/mol. The molecule has 0 saturated heterocycles. The van der Waals surface area contributed by atoms with Crippen LogP contribution in [0.4, 0.5) is 0 Å². The predicted molar refractivity (Wildman–Crippen MR) is 92.8 cm³/mol. The van der Waals surface area contributed by atoms with E-state index in [-0.39, 0.29) is 0 Å². The van der Waals surface area contributed by atoms with Gasteiger partial charge in [0.05, 0.1) is 4.90 Å². The summed E-state index contributed by atoms with van der Waals surface area (Å²) in [6.45, 7) is 14.0. The molecule has 0 aliphatic heterocycles. The Labute approximate surface area is 136 Å². The quantitative estimate of drug-likeness (QED) is 0.700. The molecule has 126 valence electrons. The topological polar surface area (TPSA) is 40.6 Å². The van der Waals surface area contributed by atoms with Crippen LogP contribution in [-0.2, 0) is 10.0 Å². The minimum atomic E-state index is -3.40. The normalized spacial score (nSPS) is 12.5. The number of hydrogen-bond donors (Lipinski definition) is 0. The van der Waals surface area contributed by atoms with Gasteiger partial charge in [-0.1, -0.05) is 46.8 Å². The van der Waals surface area contributed by atoms with Crippen molar-refractivity contribution in [2.75, 3.05) is 32.7 Å². The van der Waals surface area contributed by atoms with E-state index in [2.05, 4.69) is 32.6 Å². The first-order valence-corrected chi connectivity index (χ1v) is 9.63. The molecule has 0 N–H and O–H groups in total. The van der Waals surface area contributed by atoms with Crippen molar-refractivity contribution in [3.63, 3.8) is 0 Å².